The van der Waals surface area contributed by atoms with Crippen LogP contribution in [0.3, 0.4) is 0 Å². The van der Waals surface area contributed by atoms with E-state index in [0.717, 1.165) is 49.1 Å². The Morgan fingerprint density at radius 3 is 2.40 bits per heavy atom. The molecule has 4 bridgehead atoms. The molecule has 0 atom stereocenters. The summed E-state index contributed by atoms with van der Waals surface area (Å²) >= 11 is 0. The van der Waals surface area contributed by atoms with E-state index in [-0.39, 0.29) is 0 Å². The van der Waals surface area contributed by atoms with E-state index in [9.17, 15) is 0 Å². The van der Waals surface area contributed by atoms with E-state index < -0.39 is 0 Å². The summed E-state index contributed by atoms with van der Waals surface area (Å²) in [5.74, 6) is 5.92. The summed E-state index contributed by atoms with van der Waals surface area (Å²) in [6, 6.07) is 0. The van der Waals surface area contributed by atoms with Crippen molar-refractivity contribution in [3.8, 4) is 0 Å². The number of imidazole rings is 1. The van der Waals surface area contributed by atoms with Crippen LogP contribution in [-0.2, 0) is 6.54 Å². The highest BCUT2D eigenvalue weighted by molar-refractivity contribution is 5.17. The van der Waals surface area contributed by atoms with Gasteiger partial charge in [-0.2, -0.15) is 0 Å². The zero-order valence-corrected chi connectivity index (χ0v) is 12.6. The molecule has 0 unspecified atom stereocenters. The van der Waals surface area contributed by atoms with Gasteiger partial charge in [-0.05, 0) is 75.7 Å². The van der Waals surface area contributed by atoms with E-state index in [4.69, 9.17) is 10.7 Å². The van der Waals surface area contributed by atoms with Crippen LogP contribution in [0.5, 0.6) is 0 Å². The summed E-state index contributed by atoms with van der Waals surface area (Å²) in [6.07, 6.45) is 10.8. The molecule has 4 aliphatic carbocycles. The molecule has 0 aromatic carbocycles. The van der Waals surface area contributed by atoms with E-state index in [1.54, 1.807) is 0 Å². The Kier molecular flexibility index (Phi) is 3.13. The average Bonchev–Trinajstić information content (AvgIpc) is 2.76. The van der Waals surface area contributed by atoms with Crippen molar-refractivity contribution in [2.24, 2.45) is 29.4 Å². The lowest BCUT2D eigenvalue weighted by Gasteiger charge is -2.54. The van der Waals surface area contributed by atoms with E-state index in [1.165, 1.54) is 43.6 Å². The van der Waals surface area contributed by atoms with Crippen LogP contribution in [0.2, 0.25) is 0 Å². The Balaban J connectivity index is 1.58. The fourth-order valence-corrected chi connectivity index (χ4v) is 5.59. The lowest BCUT2D eigenvalue weighted by Crippen LogP contribution is -2.43. The third kappa shape index (κ3) is 2.02. The summed E-state index contributed by atoms with van der Waals surface area (Å²) in [6.45, 7) is 3.95. The van der Waals surface area contributed by atoms with E-state index in [2.05, 4.69) is 17.7 Å². The second kappa shape index (κ2) is 4.87. The normalized spacial score (nSPS) is 38.6. The molecule has 0 radical (unpaired) electrons. The van der Waals surface area contributed by atoms with Crippen LogP contribution < -0.4 is 5.73 Å². The maximum atomic E-state index is 5.64. The van der Waals surface area contributed by atoms with Gasteiger partial charge in [0.05, 0.1) is 5.69 Å². The SMILES string of the molecule is Cc1nc(C2C3CC4CC(C3)CC2C4)cn1CCCN. The molecule has 1 aromatic rings. The molecule has 0 spiro atoms. The zero-order chi connectivity index (χ0) is 13.7. The largest absolute Gasteiger partial charge is 0.335 e. The summed E-state index contributed by atoms with van der Waals surface area (Å²) in [5.41, 5.74) is 7.03. The maximum absolute atomic E-state index is 5.64. The van der Waals surface area contributed by atoms with Gasteiger partial charge < -0.3 is 10.3 Å². The first-order valence-electron chi connectivity index (χ1n) is 8.48. The fraction of sp³-hybridized carbons (Fsp3) is 0.824. The summed E-state index contributed by atoms with van der Waals surface area (Å²) < 4.78 is 2.33. The molecule has 0 saturated heterocycles. The first-order valence-corrected chi connectivity index (χ1v) is 8.48. The molecule has 1 heterocycles. The lowest BCUT2D eigenvalue weighted by molar-refractivity contribution is -0.00407. The number of hydrogen-bond donors (Lipinski definition) is 1. The molecule has 3 nitrogen and oxygen atoms in total. The Bertz CT molecular complexity index is 462. The number of nitrogens with zero attached hydrogens (tertiary/aromatic N) is 2. The number of aryl methyl sites for hydroxylation is 2. The molecular weight excluding hydrogens is 246 g/mol. The molecule has 110 valence electrons. The summed E-state index contributed by atoms with van der Waals surface area (Å²) in [7, 11) is 0. The topological polar surface area (TPSA) is 43.8 Å². The Morgan fingerprint density at radius 1 is 1.15 bits per heavy atom. The average molecular weight is 273 g/mol. The van der Waals surface area contributed by atoms with Crippen molar-refractivity contribution in [1.29, 1.82) is 0 Å². The minimum absolute atomic E-state index is 0.764. The molecule has 4 saturated carbocycles. The molecule has 3 heteroatoms. The molecular formula is C17H27N3. The third-order valence-corrected chi connectivity index (χ3v) is 6.17. The van der Waals surface area contributed by atoms with Crippen molar-refractivity contribution >= 4 is 0 Å². The monoisotopic (exact) mass is 273 g/mol. The zero-order valence-electron chi connectivity index (χ0n) is 12.6. The highest BCUT2D eigenvalue weighted by atomic mass is 15.1. The van der Waals surface area contributed by atoms with Crippen LogP contribution in [0, 0.1) is 30.6 Å². The summed E-state index contributed by atoms with van der Waals surface area (Å²) in [5, 5.41) is 0. The van der Waals surface area contributed by atoms with Gasteiger partial charge in [0.1, 0.15) is 5.82 Å². The summed E-state index contributed by atoms with van der Waals surface area (Å²) in [4.78, 5) is 4.93. The molecule has 4 aliphatic rings. The minimum atomic E-state index is 0.764. The number of rotatable bonds is 4. The van der Waals surface area contributed by atoms with Gasteiger partial charge in [-0.3, -0.25) is 0 Å². The first kappa shape index (κ1) is 12.9. The number of aromatic nitrogens is 2. The van der Waals surface area contributed by atoms with Crippen molar-refractivity contribution in [3.63, 3.8) is 0 Å². The highest BCUT2D eigenvalue weighted by Crippen LogP contribution is 2.59. The van der Waals surface area contributed by atoms with E-state index in [0.29, 0.717) is 0 Å². The van der Waals surface area contributed by atoms with Crippen molar-refractivity contribution in [2.75, 3.05) is 6.54 Å². The predicted octanol–water partition coefficient (Wildman–Crippen LogP) is 3.08. The second-order valence-electron chi connectivity index (χ2n) is 7.51. The van der Waals surface area contributed by atoms with Gasteiger partial charge in [-0.1, -0.05) is 0 Å². The van der Waals surface area contributed by atoms with Crippen molar-refractivity contribution in [3.05, 3.63) is 17.7 Å². The van der Waals surface area contributed by atoms with Crippen LogP contribution >= 0.6 is 0 Å². The number of nitrogens with two attached hydrogens (primary N) is 1. The minimum Gasteiger partial charge on any atom is -0.335 e. The van der Waals surface area contributed by atoms with Crippen LogP contribution in [0.15, 0.2) is 6.20 Å². The first-order chi connectivity index (χ1) is 9.74. The third-order valence-electron chi connectivity index (χ3n) is 6.17. The highest BCUT2D eigenvalue weighted by Gasteiger charge is 2.49. The molecule has 5 rings (SSSR count). The van der Waals surface area contributed by atoms with Crippen molar-refractivity contribution < 1.29 is 0 Å². The Morgan fingerprint density at radius 2 is 1.80 bits per heavy atom. The van der Waals surface area contributed by atoms with Crippen molar-refractivity contribution in [2.45, 2.75) is 57.9 Å². The molecule has 0 aliphatic heterocycles. The molecule has 1 aromatic heterocycles. The lowest BCUT2D eigenvalue weighted by atomic mass is 9.51. The van der Waals surface area contributed by atoms with Crippen LogP contribution in [0.1, 0.15) is 56.0 Å². The van der Waals surface area contributed by atoms with Gasteiger partial charge in [0.15, 0.2) is 0 Å². The number of hydrogen-bond acceptors (Lipinski definition) is 2. The smallest absolute Gasteiger partial charge is 0.105 e. The van der Waals surface area contributed by atoms with Crippen LogP contribution in [0.25, 0.3) is 0 Å². The standard InChI is InChI=1S/C17H27N3/c1-11-19-16(10-20(11)4-2-3-18)17-14-6-12-5-13(8-14)9-15(17)7-12/h10,12-15,17H,2-9,18H2,1H3. The van der Waals surface area contributed by atoms with Gasteiger partial charge in [0, 0.05) is 18.7 Å². The molecule has 4 fully saturated rings. The Labute approximate surface area is 122 Å². The Hall–Kier alpha value is -0.830. The van der Waals surface area contributed by atoms with E-state index in [1.807, 2.05) is 0 Å². The van der Waals surface area contributed by atoms with Crippen molar-refractivity contribution in [1.82, 2.24) is 9.55 Å². The van der Waals surface area contributed by atoms with Gasteiger partial charge >= 0.3 is 0 Å². The molecule has 0 amide bonds. The molecule has 2 N–H and O–H groups in total. The van der Waals surface area contributed by atoms with Gasteiger partial charge in [0.25, 0.3) is 0 Å². The van der Waals surface area contributed by atoms with Crippen LogP contribution in [0.4, 0.5) is 0 Å². The van der Waals surface area contributed by atoms with Gasteiger partial charge in [-0.25, -0.2) is 4.98 Å². The molecule has 20 heavy (non-hydrogen) atoms. The second-order valence-corrected chi connectivity index (χ2v) is 7.51. The maximum Gasteiger partial charge on any atom is 0.105 e. The van der Waals surface area contributed by atoms with Crippen LogP contribution in [-0.4, -0.2) is 16.1 Å². The van der Waals surface area contributed by atoms with Gasteiger partial charge in [0.2, 0.25) is 0 Å². The quantitative estimate of drug-likeness (QED) is 0.916. The predicted molar refractivity (Wildman–Crippen MR) is 80.4 cm³/mol. The van der Waals surface area contributed by atoms with E-state index >= 15 is 0 Å². The fourth-order valence-electron chi connectivity index (χ4n) is 5.59. The van der Waals surface area contributed by atoms with Gasteiger partial charge in [-0.15, -0.1) is 0 Å².